The normalized spacial score (nSPS) is 9.89. The summed E-state index contributed by atoms with van der Waals surface area (Å²) in [5.41, 5.74) is 0.657. The summed E-state index contributed by atoms with van der Waals surface area (Å²) >= 11 is 4.22. The van der Waals surface area contributed by atoms with E-state index in [4.69, 9.17) is 4.74 Å². The van der Waals surface area contributed by atoms with Gasteiger partial charge in [-0.15, -0.1) is 0 Å². The van der Waals surface area contributed by atoms with Gasteiger partial charge in [0, 0.05) is 7.14 Å². The number of phenolic OH excluding ortho intramolecular Hbond substituents is 1. The number of hydrogen-bond donors (Lipinski definition) is 1. The van der Waals surface area contributed by atoms with E-state index in [0.717, 1.165) is 7.14 Å². The fraction of sp³-hybridized carbons (Fsp3) is 0.263. The van der Waals surface area contributed by atoms with Gasteiger partial charge in [-0.05, 0) is 95.4 Å². The van der Waals surface area contributed by atoms with Crippen LogP contribution < -0.4 is 4.74 Å². The fourth-order valence-corrected chi connectivity index (χ4v) is 2.85. The van der Waals surface area contributed by atoms with E-state index in [-0.39, 0.29) is 23.4 Å². The molecule has 0 atom stereocenters. The van der Waals surface area contributed by atoms with Crippen LogP contribution in [0.1, 0.15) is 34.6 Å². The van der Waals surface area contributed by atoms with Crippen molar-refractivity contribution < 1.29 is 28.9 Å². The topological polar surface area (TPSA) is 82.1 Å². The van der Waals surface area contributed by atoms with Gasteiger partial charge in [0.15, 0.2) is 0 Å². The van der Waals surface area contributed by atoms with E-state index in [9.17, 15) is 14.7 Å². The predicted octanol–water partition coefficient (Wildman–Crippen LogP) is 4.65. The molecule has 8 heteroatoms. The first-order chi connectivity index (χ1) is 12.7. The molecule has 2 aromatic rings. The Morgan fingerprint density at radius 3 is 1.85 bits per heavy atom. The maximum absolute atomic E-state index is 11.4. The van der Waals surface area contributed by atoms with Gasteiger partial charge >= 0.3 is 11.9 Å². The van der Waals surface area contributed by atoms with Crippen molar-refractivity contribution in [1.29, 1.82) is 0 Å². The highest BCUT2D eigenvalue weighted by atomic mass is 127. The second-order valence-electron chi connectivity index (χ2n) is 5.45. The highest BCUT2D eigenvalue weighted by Gasteiger charge is 2.14. The quantitative estimate of drug-likeness (QED) is 0.408. The molecular weight excluding hydrogens is 578 g/mol. The molecule has 2 aromatic carbocycles. The molecule has 0 aromatic heterocycles. The largest absolute Gasteiger partial charge is 0.507 e. The van der Waals surface area contributed by atoms with Crippen LogP contribution in [0.25, 0.3) is 0 Å². The van der Waals surface area contributed by atoms with Crippen LogP contribution in [0.15, 0.2) is 36.4 Å². The van der Waals surface area contributed by atoms with Gasteiger partial charge in [-0.1, -0.05) is 0 Å². The van der Waals surface area contributed by atoms with Crippen LogP contribution in [0, 0.1) is 7.14 Å². The fourth-order valence-electron chi connectivity index (χ4n) is 1.91. The van der Waals surface area contributed by atoms with Crippen LogP contribution >= 0.6 is 45.2 Å². The SMILES string of the molecule is COC(=O)c1ccc(I)cc1O.COC(=O)c1ccc(I)cc1OC(C)C. The number of benzene rings is 2. The molecule has 6 nitrogen and oxygen atoms in total. The molecule has 0 saturated heterocycles. The van der Waals surface area contributed by atoms with Gasteiger partial charge in [-0.25, -0.2) is 9.59 Å². The van der Waals surface area contributed by atoms with E-state index in [2.05, 4.69) is 32.1 Å². The Hall–Kier alpha value is -1.56. The van der Waals surface area contributed by atoms with Gasteiger partial charge in [0.2, 0.25) is 0 Å². The number of hydrogen-bond acceptors (Lipinski definition) is 6. The van der Waals surface area contributed by atoms with Crippen LogP contribution in [0.4, 0.5) is 0 Å². The lowest BCUT2D eigenvalue weighted by Crippen LogP contribution is -2.11. The molecule has 0 saturated carbocycles. The van der Waals surface area contributed by atoms with Crippen molar-refractivity contribution in [3.05, 3.63) is 54.7 Å². The third-order valence-corrected chi connectivity index (χ3v) is 4.42. The minimum Gasteiger partial charge on any atom is -0.507 e. The molecule has 0 bridgehead atoms. The molecule has 0 radical (unpaired) electrons. The maximum Gasteiger partial charge on any atom is 0.341 e. The summed E-state index contributed by atoms with van der Waals surface area (Å²) in [7, 11) is 2.64. The number of esters is 2. The zero-order valence-corrected chi connectivity index (χ0v) is 19.6. The second kappa shape index (κ2) is 11.3. The third kappa shape index (κ3) is 7.53. The number of aromatic hydroxyl groups is 1. The van der Waals surface area contributed by atoms with Crippen molar-refractivity contribution in [1.82, 2.24) is 0 Å². The monoisotopic (exact) mass is 598 g/mol. The van der Waals surface area contributed by atoms with Gasteiger partial charge in [-0.3, -0.25) is 0 Å². The number of halogens is 2. The summed E-state index contributed by atoms with van der Waals surface area (Å²) in [5.74, 6) is -0.372. The van der Waals surface area contributed by atoms with E-state index in [1.807, 2.05) is 48.6 Å². The van der Waals surface area contributed by atoms with Crippen LogP contribution in [0.3, 0.4) is 0 Å². The lowest BCUT2D eigenvalue weighted by Gasteiger charge is -2.13. The van der Waals surface area contributed by atoms with Gasteiger partial charge < -0.3 is 19.3 Å². The molecule has 0 aliphatic carbocycles. The Morgan fingerprint density at radius 1 is 0.889 bits per heavy atom. The average molecular weight is 598 g/mol. The second-order valence-corrected chi connectivity index (χ2v) is 7.94. The highest BCUT2D eigenvalue weighted by Crippen LogP contribution is 2.23. The molecular formula is C19H20I2O6. The molecule has 2 rings (SSSR count). The number of phenols is 1. The van der Waals surface area contributed by atoms with E-state index >= 15 is 0 Å². The van der Waals surface area contributed by atoms with Gasteiger partial charge in [0.1, 0.15) is 22.6 Å². The average Bonchev–Trinajstić information content (AvgIpc) is 2.60. The third-order valence-electron chi connectivity index (χ3n) is 3.08. The van der Waals surface area contributed by atoms with Crippen molar-refractivity contribution >= 4 is 57.1 Å². The lowest BCUT2D eigenvalue weighted by molar-refractivity contribution is 0.0586. The summed E-state index contributed by atoms with van der Waals surface area (Å²) in [6.07, 6.45) is 0.0339. The Bertz CT molecular complexity index is 805. The maximum atomic E-state index is 11.4. The summed E-state index contributed by atoms with van der Waals surface area (Å²) in [5, 5.41) is 9.29. The first kappa shape index (κ1) is 23.5. The smallest absolute Gasteiger partial charge is 0.341 e. The molecule has 0 spiro atoms. The first-order valence-electron chi connectivity index (χ1n) is 7.81. The lowest BCUT2D eigenvalue weighted by atomic mass is 10.2. The van der Waals surface area contributed by atoms with E-state index in [0.29, 0.717) is 11.3 Å². The zero-order valence-electron chi connectivity index (χ0n) is 15.3. The van der Waals surface area contributed by atoms with Crippen molar-refractivity contribution in [2.75, 3.05) is 14.2 Å². The zero-order chi connectivity index (χ0) is 20.6. The van der Waals surface area contributed by atoms with E-state index in [1.54, 1.807) is 12.1 Å². The van der Waals surface area contributed by atoms with Gasteiger partial charge in [0.05, 0.1) is 20.3 Å². The van der Waals surface area contributed by atoms with Gasteiger partial charge in [0.25, 0.3) is 0 Å². The predicted molar refractivity (Wildman–Crippen MR) is 118 cm³/mol. The summed E-state index contributed by atoms with van der Waals surface area (Å²) in [6.45, 7) is 3.84. The highest BCUT2D eigenvalue weighted by molar-refractivity contribution is 14.1. The van der Waals surface area contributed by atoms with Crippen molar-refractivity contribution in [2.24, 2.45) is 0 Å². The van der Waals surface area contributed by atoms with E-state index in [1.165, 1.54) is 26.4 Å². The van der Waals surface area contributed by atoms with Crippen molar-refractivity contribution in [3.8, 4) is 11.5 Å². The van der Waals surface area contributed by atoms with Crippen LogP contribution in [0.2, 0.25) is 0 Å². The molecule has 0 heterocycles. The molecule has 0 aliphatic heterocycles. The number of carbonyl (C=O) groups is 2. The van der Waals surface area contributed by atoms with Gasteiger partial charge in [-0.2, -0.15) is 0 Å². The molecule has 27 heavy (non-hydrogen) atoms. The van der Waals surface area contributed by atoms with Crippen LogP contribution in [0.5, 0.6) is 11.5 Å². The molecule has 1 N–H and O–H groups in total. The van der Waals surface area contributed by atoms with Crippen LogP contribution in [-0.4, -0.2) is 37.4 Å². The Labute approximate surface area is 185 Å². The van der Waals surface area contributed by atoms with E-state index < -0.39 is 5.97 Å². The number of ether oxygens (including phenoxy) is 3. The minimum absolute atomic E-state index is 0.0339. The summed E-state index contributed by atoms with van der Waals surface area (Å²) in [4.78, 5) is 22.4. The Morgan fingerprint density at radius 2 is 1.37 bits per heavy atom. The Balaban J connectivity index is 0.000000277. The van der Waals surface area contributed by atoms with Crippen molar-refractivity contribution in [3.63, 3.8) is 0 Å². The molecule has 0 fully saturated rings. The minimum atomic E-state index is -0.524. The van der Waals surface area contributed by atoms with Crippen LogP contribution in [-0.2, 0) is 9.47 Å². The van der Waals surface area contributed by atoms with Crippen molar-refractivity contribution in [2.45, 2.75) is 20.0 Å². The molecule has 0 amide bonds. The molecule has 146 valence electrons. The standard InChI is InChI=1S/C11H13IO3.C8H7IO3/c1-7(2)15-10-6-8(12)4-5-9(10)11(13)14-3;1-12-8(11)6-3-2-5(9)4-7(6)10/h4-7H,1-3H3;2-4,10H,1H3. The molecule has 0 aliphatic rings. The number of carbonyl (C=O) groups excluding carboxylic acids is 2. The summed E-state index contributed by atoms with van der Waals surface area (Å²) < 4.78 is 16.6. The Kier molecular flexibility index (Phi) is 9.84. The molecule has 0 unspecified atom stereocenters. The number of rotatable bonds is 4. The first-order valence-corrected chi connectivity index (χ1v) is 9.96. The summed E-state index contributed by atoms with van der Waals surface area (Å²) in [6, 6.07) is 10.2. The number of methoxy groups -OCH3 is 2.